The molecule has 0 amide bonds. The second kappa shape index (κ2) is 8.48. The van der Waals surface area contributed by atoms with Crippen LogP contribution in [0.2, 0.25) is 0 Å². The van der Waals surface area contributed by atoms with Crippen LogP contribution in [0, 0.1) is 9.49 Å². The number of anilines is 2. The Morgan fingerprint density at radius 2 is 1.86 bits per heavy atom. The molecule has 1 fully saturated rings. The molecule has 0 atom stereocenters. The molecule has 2 aromatic carbocycles. The van der Waals surface area contributed by atoms with Crippen LogP contribution in [-0.4, -0.2) is 34.6 Å². The van der Waals surface area contributed by atoms with Crippen molar-refractivity contribution in [3.8, 4) is 5.75 Å². The highest BCUT2D eigenvalue weighted by Gasteiger charge is 2.20. The number of halogens is 1. The molecule has 4 rings (SSSR count). The first kappa shape index (κ1) is 19.2. The normalized spacial score (nSPS) is 15.8. The number of hydrogen-bond acceptors (Lipinski definition) is 6. The third kappa shape index (κ3) is 4.47. The number of nitrogens with zero attached hydrogens (tertiary/aromatic N) is 3. The summed E-state index contributed by atoms with van der Waals surface area (Å²) in [6.45, 7) is 3.89. The molecule has 4 N–H and O–H groups in total. The Bertz CT molecular complexity index is 972. The smallest absolute Gasteiger partial charge is 0.222 e. The first-order chi connectivity index (χ1) is 13.6. The van der Waals surface area contributed by atoms with Gasteiger partial charge in [0.1, 0.15) is 11.6 Å². The van der Waals surface area contributed by atoms with E-state index in [1.807, 2.05) is 18.2 Å². The fourth-order valence-corrected chi connectivity index (χ4v) is 4.34. The first-order valence-corrected chi connectivity index (χ1v) is 10.6. The number of hydrogen-bond donors (Lipinski definition) is 2. The van der Waals surface area contributed by atoms with E-state index in [4.69, 9.17) is 16.2 Å². The number of rotatable bonds is 5. The van der Waals surface area contributed by atoms with E-state index in [9.17, 15) is 0 Å². The predicted molar refractivity (Wildman–Crippen MR) is 121 cm³/mol. The summed E-state index contributed by atoms with van der Waals surface area (Å²) >= 11 is 2.37. The van der Waals surface area contributed by atoms with Gasteiger partial charge >= 0.3 is 0 Å². The molecule has 28 heavy (non-hydrogen) atoms. The number of nitrogen functional groups attached to an aromatic ring is 2. The van der Waals surface area contributed by atoms with Gasteiger partial charge in [-0.1, -0.05) is 18.2 Å². The maximum Gasteiger partial charge on any atom is 0.222 e. The molecule has 1 saturated heterocycles. The first-order valence-electron chi connectivity index (χ1n) is 9.50. The highest BCUT2D eigenvalue weighted by molar-refractivity contribution is 14.1. The van der Waals surface area contributed by atoms with Crippen molar-refractivity contribution in [2.75, 3.05) is 31.2 Å². The van der Waals surface area contributed by atoms with Gasteiger partial charge in [0, 0.05) is 10.1 Å². The van der Waals surface area contributed by atoms with Crippen LogP contribution >= 0.6 is 22.6 Å². The Balaban J connectivity index is 1.34. The Kier molecular flexibility index (Phi) is 5.82. The molecule has 6 nitrogen and oxygen atoms in total. The van der Waals surface area contributed by atoms with E-state index in [0.717, 1.165) is 49.1 Å². The van der Waals surface area contributed by atoms with Crippen molar-refractivity contribution in [3.63, 3.8) is 0 Å². The van der Waals surface area contributed by atoms with Gasteiger partial charge in [-0.25, -0.2) is 4.98 Å². The van der Waals surface area contributed by atoms with Crippen LogP contribution in [0.4, 0.5) is 11.8 Å². The zero-order valence-electron chi connectivity index (χ0n) is 15.6. The summed E-state index contributed by atoms with van der Waals surface area (Å²) in [4.78, 5) is 10.8. The largest absolute Gasteiger partial charge is 0.492 e. The van der Waals surface area contributed by atoms with Gasteiger partial charge in [-0.15, -0.1) is 0 Å². The van der Waals surface area contributed by atoms with Gasteiger partial charge in [0.2, 0.25) is 5.95 Å². The van der Waals surface area contributed by atoms with E-state index in [1.165, 1.54) is 9.13 Å². The number of aromatic nitrogens is 2. The van der Waals surface area contributed by atoms with Crippen LogP contribution in [0.5, 0.6) is 5.75 Å². The van der Waals surface area contributed by atoms with E-state index in [1.54, 1.807) is 0 Å². The maximum atomic E-state index is 6.13. The van der Waals surface area contributed by atoms with Crippen molar-refractivity contribution < 1.29 is 4.74 Å². The Morgan fingerprint density at radius 1 is 1.07 bits per heavy atom. The van der Waals surface area contributed by atoms with Gasteiger partial charge < -0.3 is 16.2 Å². The fraction of sp³-hybridized carbons (Fsp3) is 0.333. The van der Waals surface area contributed by atoms with E-state index in [-0.39, 0.29) is 5.95 Å². The highest BCUT2D eigenvalue weighted by Crippen LogP contribution is 2.30. The Hall–Kier alpha value is -2.13. The van der Waals surface area contributed by atoms with Crippen molar-refractivity contribution in [1.82, 2.24) is 14.9 Å². The highest BCUT2D eigenvalue weighted by atomic mass is 127. The summed E-state index contributed by atoms with van der Waals surface area (Å²) in [5.74, 6) is 1.82. The van der Waals surface area contributed by atoms with Crippen LogP contribution in [0.15, 0.2) is 42.5 Å². The molecule has 0 radical (unpaired) electrons. The van der Waals surface area contributed by atoms with Crippen LogP contribution in [-0.2, 0) is 6.54 Å². The lowest BCUT2D eigenvalue weighted by molar-refractivity contribution is 0.137. The number of piperidine rings is 1. The molecule has 146 valence electrons. The van der Waals surface area contributed by atoms with Crippen LogP contribution in [0.25, 0.3) is 10.9 Å². The van der Waals surface area contributed by atoms with Crippen molar-refractivity contribution in [3.05, 3.63) is 51.6 Å². The summed E-state index contributed by atoms with van der Waals surface area (Å²) in [5.41, 5.74) is 13.8. The third-order valence-corrected chi connectivity index (χ3v) is 5.88. The summed E-state index contributed by atoms with van der Waals surface area (Å²) in [5, 5.41) is 0.743. The lowest BCUT2D eigenvalue weighted by Gasteiger charge is -2.32. The van der Waals surface area contributed by atoms with E-state index < -0.39 is 0 Å². The van der Waals surface area contributed by atoms with Crippen molar-refractivity contribution in [1.29, 1.82) is 0 Å². The number of fused-ring (bicyclic) bond motifs is 1. The van der Waals surface area contributed by atoms with E-state index in [2.05, 4.69) is 61.7 Å². The minimum absolute atomic E-state index is 0.183. The molecule has 0 saturated carbocycles. The number of ether oxygens (including phenoxy) is 1. The summed E-state index contributed by atoms with van der Waals surface area (Å²) in [7, 11) is 0. The average Bonchev–Trinajstić information content (AvgIpc) is 2.67. The Morgan fingerprint density at radius 3 is 2.64 bits per heavy atom. The molecule has 1 aliphatic heterocycles. The lowest BCUT2D eigenvalue weighted by atomic mass is 9.97. The molecule has 1 aromatic heterocycles. The van der Waals surface area contributed by atoms with Crippen LogP contribution in [0.1, 0.15) is 18.4 Å². The zero-order chi connectivity index (χ0) is 19.5. The van der Waals surface area contributed by atoms with Crippen LogP contribution in [0.3, 0.4) is 0 Å². The Labute approximate surface area is 178 Å². The van der Waals surface area contributed by atoms with Gasteiger partial charge in [-0.2, -0.15) is 4.98 Å². The quantitative estimate of drug-likeness (QED) is 0.532. The van der Waals surface area contributed by atoms with Gasteiger partial charge in [0.25, 0.3) is 0 Å². The van der Waals surface area contributed by atoms with Gasteiger partial charge in [-0.3, -0.25) is 4.90 Å². The maximum absolute atomic E-state index is 6.13. The second-order valence-corrected chi connectivity index (χ2v) is 8.52. The van der Waals surface area contributed by atoms with Crippen molar-refractivity contribution >= 4 is 45.3 Å². The summed E-state index contributed by atoms with van der Waals surface area (Å²) in [6.07, 6.45) is 2.27. The molecule has 0 unspecified atom stereocenters. The van der Waals surface area contributed by atoms with Crippen molar-refractivity contribution in [2.24, 2.45) is 5.92 Å². The average molecular weight is 489 g/mol. The van der Waals surface area contributed by atoms with Crippen molar-refractivity contribution in [2.45, 2.75) is 19.4 Å². The molecular weight excluding hydrogens is 465 g/mol. The topological polar surface area (TPSA) is 90.3 Å². The van der Waals surface area contributed by atoms with Gasteiger partial charge in [0.15, 0.2) is 0 Å². The van der Waals surface area contributed by atoms with Crippen LogP contribution < -0.4 is 16.2 Å². The predicted octanol–water partition coefficient (Wildman–Crippen LogP) is 3.69. The molecule has 7 heteroatoms. The molecular formula is C21H24IN5O. The molecule has 0 bridgehead atoms. The standard InChI is InChI=1S/C21H24IN5O/c22-16-4-1-3-15(11-16)12-27-9-7-14(8-10-27)13-28-18-6-2-5-17-19(18)20(23)26-21(24)25-17/h1-6,11,14H,7-10,12-13H2,(H4,23,24,25,26). The molecule has 3 aromatic rings. The monoisotopic (exact) mass is 489 g/mol. The molecule has 0 spiro atoms. The summed E-state index contributed by atoms with van der Waals surface area (Å²) in [6, 6.07) is 14.4. The number of likely N-dealkylation sites (tertiary alicyclic amines) is 1. The van der Waals surface area contributed by atoms with E-state index >= 15 is 0 Å². The number of benzene rings is 2. The summed E-state index contributed by atoms with van der Waals surface area (Å²) < 4.78 is 7.42. The third-order valence-electron chi connectivity index (χ3n) is 5.21. The lowest BCUT2D eigenvalue weighted by Crippen LogP contribution is -2.35. The number of nitrogens with two attached hydrogens (primary N) is 2. The van der Waals surface area contributed by atoms with E-state index in [0.29, 0.717) is 18.3 Å². The molecule has 1 aliphatic rings. The second-order valence-electron chi connectivity index (χ2n) is 7.28. The SMILES string of the molecule is Nc1nc(N)c2c(OCC3CCN(Cc4cccc(I)c4)CC3)cccc2n1. The van der Waals surface area contributed by atoms with Gasteiger partial charge in [-0.05, 0) is 84.3 Å². The zero-order valence-corrected chi connectivity index (χ0v) is 17.8. The fourth-order valence-electron chi connectivity index (χ4n) is 3.73. The minimum atomic E-state index is 0.183. The minimum Gasteiger partial charge on any atom is -0.492 e. The molecule has 2 heterocycles. The van der Waals surface area contributed by atoms with Gasteiger partial charge in [0.05, 0.1) is 17.5 Å². The molecule has 0 aliphatic carbocycles.